The molecular formula is C14H23ClN4O. The van der Waals surface area contributed by atoms with Crippen molar-refractivity contribution in [3.8, 4) is 0 Å². The Kier molecular flexibility index (Phi) is 4.70. The second-order valence-electron chi connectivity index (χ2n) is 5.89. The minimum Gasteiger partial charge on any atom is -0.350 e. The van der Waals surface area contributed by atoms with Gasteiger partial charge >= 0.3 is 0 Å². The van der Waals surface area contributed by atoms with E-state index in [4.69, 9.17) is 0 Å². The predicted octanol–water partition coefficient (Wildman–Crippen LogP) is 1.79. The predicted molar refractivity (Wildman–Crippen MR) is 80.2 cm³/mol. The lowest BCUT2D eigenvalue weighted by atomic mass is 10.0. The average molecular weight is 299 g/mol. The third kappa shape index (κ3) is 2.99. The van der Waals surface area contributed by atoms with Crippen molar-refractivity contribution in [2.24, 2.45) is 5.41 Å². The minimum absolute atomic E-state index is 0. The molecule has 2 heterocycles. The zero-order valence-electron chi connectivity index (χ0n) is 11.9. The molecule has 1 aromatic rings. The highest BCUT2D eigenvalue weighted by Crippen LogP contribution is 2.48. The fourth-order valence-electron chi connectivity index (χ4n) is 2.99. The molecule has 1 aromatic heterocycles. The molecule has 6 heteroatoms. The molecule has 1 aliphatic carbocycles. The molecule has 1 aliphatic heterocycles. The molecule has 2 aliphatic rings. The van der Waals surface area contributed by atoms with Crippen molar-refractivity contribution in [2.75, 3.05) is 13.1 Å². The Bertz CT molecular complexity index is 482. The van der Waals surface area contributed by atoms with Gasteiger partial charge in [-0.3, -0.25) is 9.89 Å². The fourth-order valence-corrected chi connectivity index (χ4v) is 2.99. The average Bonchev–Trinajstić information content (AvgIpc) is 3.05. The number of halogens is 1. The van der Waals surface area contributed by atoms with Crippen molar-refractivity contribution in [2.45, 2.75) is 45.6 Å². The zero-order valence-corrected chi connectivity index (χ0v) is 12.7. The number of hydrogen-bond donors (Lipinski definition) is 3. The van der Waals surface area contributed by atoms with E-state index in [1.165, 1.54) is 25.7 Å². The summed E-state index contributed by atoms with van der Waals surface area (Å²) < 4.78 is 0. The van der Waals surface area contributed by atoms with Crippen LogP contribution in [0.3, 0.4) is 0 Å². The van der Waals surface area contributed by atoms with Gasteiger partial charge in [-0.05, 0) is 24.7 Å². The van der Waals surface area contributed by atoms with E-state index in [0.717, 1.165) is 37.3 Å². The number of fused-ring (bicyclic) bond motifs is 1. The summed E-state index contributed by atoms with van der Waals surface area (Å²) in [7, 11) is 0. The summed E-state index contributed by atoms with van der Waals surface area (Å²) in [5.74, 6) is -0.0245. The van der Waals surface area contributed by atoms with Crippen LogP contribution in [0, 0.1) is 5.41 Å². The second kappa shape index (κ2) is 6.14. The maximum Gasteiger partial charge on any atom is 0.272 e. The first-order chi connectivity index (χ1) is 9.24. The fraction of sp³-hybridized carbons (Fsp3) is 0.714. The number of amides is 1. The standard InChI is InChI=1S/C14H22N4O.ClH/c1-2-4-14(5-6-14)9-16-13(19)12-10-8-15-7-3-11(10)17-18-12;/h15H,2-9H2,1H3,(H,16,19)(H,17,18);1H. The molecule has 0 bridgehead atoms. The monoisotopic (exact) mass is 298 g/mol. The van der Waals surface area contributed by atoms with Crippen LogP contribution in [0.1, 0.15) is 54.4 Å². The van der Waals surface area contributed by atoms with Gasteiger partial charge < -0.3 is 10.6 Å². The van der Waals surface area contributed by atoms with Crippen LogP contribution < -0.4 is 10.6 Å². The number of nitrogens with one attached hydrogen (secondary N) is 3. The summed E-state index contributed by atoms with van der Waals surface area (Å²) in [5.41, 5.74) is 3.12. The number of rotatable bonds is 5. The molecule has 112 valence electrons. The normalized spacial score (nSPS) is 18.9. The van der Waals surface area contributed by atoms with Gasteiger partial charge in [0.15, 0.2) is 5.69 Å². The molecular weight excluding hydrogens is 276 g/mol. The Hall–Kier alpha value is -1.07. The summed E-state index contributed by atoms with van der Waals surface area (Å²) >= 11 is 0. The van der Waals surface area contributed by atoms with Crippen LogP contribution >= 0.6 is 12.4 Å². The van der Waals surface area contributed by atoms with Crippen LogP contribution in [-0.2, 0) is 13.0 Å². The number of aromatic amines is 1. The van der Waals surface area contributed by atoms with E-state index < -0.39 is 0 Å². The van der Waals surface area contributed by atoms with Crippen molar-refractivity contribution in [3.05, 3.63) is 17.0 Å². The van der Waals surface area contributed by atoms with E-state index in [9.17, 15) is 4.79 Å². The van der Waals surface area contributed by atoms with Crippen LogP contribution in [0.2, 0.25) is 0 Å². The number of carbonyl (C=O) groups is 1. The third-order valence-corrected chi connectivity index (χ3v) is 4.38. The highest BCUT2D eigenvalue weighted by Gasteiger charge is 2.41. The Labute approximate surface area is 125 Å². The summed E-state index contributed by atoms with van der Waals surface area (Å²) in [6.45, 7) is 4.71. The van der Waals surface area contributed by atoms with Crippen LogP contribution in [0.4, 0.5) is 0 Å². The summed E-state index contributed by atoms with van der Waals surface area (Å²) in [4.78, 5) is 12.2. The number of hydrogen-bond acceptors (Lipinski definition) is 3. The van der Waals surface area contributed by atoms with Crippen molar-refractivity contribution >= 4 is 18.3 Å². The minimum atomic E-state index is -0.0245. The van der Waals surface area contributed by atoms with E-state index in [2.05, 4.69) is 27.8 Å². The van der Waals surface area contributed by atoms with Crippen molar-refractivity contribution < 1.29 is 4.79 Å². The maximum atomic E-state index is 12.2. The molecule has 0 saturated heterocycles. The molecule has 3 N–H and O–H groups in total. The lowest BCUT2D eigenvalue weighted by Gasteiger charge is -2.16. The van der Waals surface area contributed by atoms with E-state index in [1.807, 2.05) is 0 Å². The molecule has 1 saturated carbocycles. The van der Waals surface area contributed by atoms with Crippen LogP contribution in [0.25, 0.3) is 0 Å². The molecule has 5 nitrogen and oxygen atoms in total. The molecule has 0 radical (unpaired) electrons. The van der Waals surface area contributed by atoms with Gasteiger partial charge in [0.2, 0.25) is 0 Å². The highest BCUT2D eigenvalue weighted by molar-refractivity contribution is 5.94. The van der Waals surface area contributed by atoms with Crippen LogP contribution in [0.15, 0.2) is 0 Å². The first-order valence-electron chi connectivity index (χ1n) is 7.29. The number of H-pyrrole nitrogens is 1. The molecule has 1 amide bonds. The first-order valence-corrected chi connectivity index (χ1v) is 7.29. The molecule has 0 atom stereocenters. The van der Waals surface area contributed by atoms with Gasteiger partial charge in [0.05, 0.1) is 0 Å². The van der Waals surface area contributed by atoms with Crippen LogP contribution in [-0.4, -0.2) is 29.2 Å². The molecule has 0 unspecified atom stereocenters. The Morgan fingerprint density at radius 1 is 1.45 bits per heavy atom. The first kappa shape index (κ1) is 15.3. The Morgan fingerprint density at radius 2 is 2.25 bits per heavy atom. The molecule has 20 heavy (non-hydrogen) atoms. The maximum absolute atomic E-state index is 12.2. The lowest BCUT2D eigenvalue weighted by Crippen LogP contribution is -2.32. The number of nitrogens with zero attached hydrogens (tertiary/aromatic N) is 1. The van der Waals surface area contributed by atoms with Gasteiger partial charge in [0, 0.05) is 37.3 Å². The van der Waals surface area contributed by atoms with Crippen molar-refractivity contribution in [1.82, 2.24) is 20.8 Å². The van der Waals surface area contributed by atoms with Gasteiger partial charge in [-0.1, -0.05) is 13.3 Å². The summed E-state index contributed by atoms with van der Waals surface area (Å²) in [6.07, 6.45) is 5.84. The van der Waals surface area contributed by atoms with Gasteiger partial charge in [-0.25, -0.2) is 0 Å². The highest BCUT2D eigenvalue weighted by atomic mass is 35.5. The van der Waals surface area contributed by atoms with Gasteiger partial charge in [0.1, 0.15) is 0 Å². The van der Waals surface area contributed by atoms with E-state index in [1.54, 1.807) is 0 Å². The van der Waals surface area contributed by atoms with E-state index in [-0.39, 0.29) is 18.3 Å². The number of aromatic nitrogens is 2. The van der Waals surface area contributed by atoms with E-state index >= 15 is 0 Å². The van der Waals surface area contributed by atoms with Crippen LogP contribution in [0.5, 0.6) is 0 Å². The second-order valence-corrected chi connectivity index (χ2v) is 5.89. The SMILES string of the molecule is CCCC1(CNC(=O)c2n[nH]c3c2CNCC3)CC1.Cl. The molecule has 1 fully saturated rings. The van der Waals surface area contributed by atoms with Gasteiger partial charge in [-0.2, -0.15) is 5.10 Å². The third-order valence-electron chi connectivity index (χ3n) is 4.38. The molecule has 0 aromatic carbocycles. The van der Waals surface area contributed by atoms with Gasteiger partial charge in [0.25, 0.3) is 5.91 Å². The Morgan fingerprint density at radius 3 is 2.95 bits per heavy atom. The zero-order chi connectivity index (χ0) is 13.3. The largest absolute Gasteiger partial charge is 0.350 e. The molecule has 0 spiro atoms. The van der Waals surface area contributed by atoms with Crippen molar-refractivity contribution in [1.29, 1.82) is 0 Å². The van der Waals surface area contributed by atoms with Gasteiger partial charge in [-0.15, -0.1) is 12.4 Å². The Balaban J connectivity index is 0.00000147. The smallest absolute Gasteiger partial charge is 0.272 e. The molecule has 3 rings (SSSR count). The topological polar surface area (TPSA) is 69.8 Å². The quantitative estimate of drug-likeness (QED) is 0.776. The van der Waals surface area contributed by atoms with E-state index in [0.29, 0.717) is 11.1 Å². The summed E-state index contributed by atoms with van der Waals surface area (Å²) in [6, 6.07) is 0. The lowest BCUT2D eigenvalue weighted by molar-refractivity contribution is 0.0937. The summed E-state index contributed by atoms with van der Waals surface area (Å²) in [5, 5.41) is 13.5. The number of carbonyl (C=O) groups excluding carboxylic acids is 1. The van der Waals surface area contributed by atoms with Crippen molar-refractivity contribution in [3.63, 3.8) is 0 Å².